The molecule has 0 bridgehead atoms. The lowest BCUT2D eigenvalue weighted by Gasteiger charge is -2.34. The number of hydrogen-bond acceptors (Lipinski definition) is 4. The van der Waals surface area contributed by atoms with Crippen LogP contribution in [-0.4, -0.2) is 53.5 Å². The summed E-state index contributed by atoms with van der Waals surface area (Å²) in [6.45, 7) is 8.76. The van der Waals surface area contributed by atoms with Gasteiger partial charge >= 0.3 is 0 Å². The maximum atomic E-state index is 5.74. The summed E-state index contributed by atoms with van der Waals surface area (Å²) in [7, 11) is 0. The van der Waals surface area contributed by atoms with Crippen molar-refractivity contribution in [3.63, 3.8) is 0 Å². The van der Waals surface area contributed by atoms with Crippen LogP contribution in [0, 0.1) is 0 Å². The Balaban J connectivity index is 1.84. The molecule has 0 aliphatic carbocycles. The Bertz CT molecular complexity index is 360. The van der Waals surface area contributed by atoms with Crippen LogP contribution >= 0.6 is 11.6 Å². The first-order valence-corrected chi connectivity index (χ1v) is 6.30. The molecule has 2 rings (SSSR count). The van der Waals surface area contributed by atoms with Crippen molar-refractivity contribution in [1.29, 1.82) is 0 Å². The first-order valence-electron chi connectivity index (χ1n) is 5.76. The Morgan fingerprint density at radius 2 is 1.88 bits per heavy atom. The van der Waals surface area contributed by atoms with Gasteiger partial charge in [-0.2, -0.15) is 0 Å². The van der Waals surface area contributed by atoms with Gasteiger partial charge < -0.3 is 4.90 Å². The quantitative estimate of drug-likeness (QED) is 0.599. The molecular formula is C12H17ClN4. The van der Waals surface area contributed by atoms with Crippen molar-refractivity contribution in [2.75, 3.05) is 43.5 Å². The molecule has 1 saturated heterocycles. The van der Waals surface area contributed by atoms with Crippen LogP contribution in [0.15, 0.2) is 30.6 Å². The van der Waals surface area contributed by atoms with Crippen LogP contribution in [0.2, 0.25) is 0 Å². The fraction of sp³-hybridized carbons (Fsp3) is 0.500. The van der Waals surface area contributed by atoms with E-state index in [4.69, 9.17) is 11.6 Å². The van der Waals surface area contributed by atoms with Gasteiger partial charge in [0, 0.05) is 51.0 Å². The van der Waals surface area contributed by atoms with Gasteiger partial charge in [0.05, 0.1) is 0 Å². The van der Waals surface area contributed by atoms with E-state index in [-0.39, 0.29) is 0 Å². The monoisotopic (exact) mass is 252 g/mol. The number of anilines is 1. The molecule has 4 nitrogen and oxygen atoms in total. The smallest absolute Gasteiger partial charge is 0.225 e. The van der Waals surface area contributed by atoms with E-state index in [0.29, 0.717) is 5.88 Å². The first kappa shape index (κ1) is 12.3. The van der Waals surface area contributed by atoms with Gasteiger partial charge in [0.25, 0.3) is 0 Å². The molecule has 1 aliphatic rings. The van der Waals surface area contributed by atoms with Crippen molar-refractivity contribution >= 4 is 17.5 Å². The number of nitrogens with zero attached hydrogens (tertiary/aromatic N) is 4. The predicted molar refractivity (Wildman–Crippen MR) is 70.5 cm³/mol. The number of aromatic nitrogens is 2. The second-order valence-corrected chi connectivity index (χ2v) is 4.46. The zero-order valence-electron chi connectivity index (χ0n) is 9.85. The fourth-order valence-corrected chi connectivity index (χ4v) is 2.00. The molecule has 0 atom stereocenters. The maximum absolute atomic E-state index is 5.74. The molecule has 0 radical (unpaired) electrons. The van der Waals surface area contributed by atoms with Crippen molar-refractivity contribution in [1.82, 2.24) is 14.9 Å². The zero-order chi connectivity index (χ0) is 12.1. The largest absolute Gasteiger partial charge is 0.338 e. The van der Waals surface area contributed by atoms with Crippen LogP contribution in [0.3, 0.4) is 0 Å². The highest BCUT2D eigenvalue weighted by atomic mass is 35.5. The van der Waals surface area contributed by atoms with Crippen LogP contribution in [0.5, 0.6) is 0 Å². The lowest BCUT2D eigenvalue weighted by Crippen LogP contribution is -2.47. The molecule has 0 amide bonds. The number of piperazine rings is 1. The van der Waals surface area contributed by atoms with E-state index < -0.39 is 0 Å². The average Bonchev–Trinajstić information content (AvgIpc) is 2.40. The number of halogens is 1. The van der Waals surface area contributed by atoms with Crippen molar-refractivity contribution in [2.24, 2.45) is 0 Å². The van der Waals surface area contributed by atoms with E-state index >= 15 is 0 Å². The summed E-state index contributed by atoms with van der Waals surface area (Å²) in [6.07, 6.45) is 3.56. The second kappa shape index (κ2) is 5.98. The van der Waals surface area contributed by atoms with E-state index in [2.05, 4.69) is 26.3 Å². The summed E-state index contributed by atoms with van der Waals surface area (Å²) in [6, 6.07) is 1.84. The molecule has 0 unspecified atom stereocenters. The van der Waals surface area contributed by atoms with Gasteiger partial charge in [-0.25, -0.2) is 9.97 Å². The van der Waals surface area contributed by atoms with Gasteiger partial charge in [-0.15, -0.1) is 11.6 Å². The van der Waals surface area contributed by atoms with E-state index in [1.165, 1.54) is 0 Å². The maximum Gasteiger partial charge on any atom is 0.225 e. The van der Waals surface area contributed by atoms with E-state index in [1.54, 1.807) is 12.4 Å². The van der Waals surface area contributed by atoms with Gasteiger partial charge in [0.1, 0.15) is 0 Å². The lowest BCUT2D eigenvalue weighted by atomic mass is 10.2. The fourth-order valence-electron chi connectivity index (χ4n) is 1.92. The summed E-state index contributed by atoms with van der Waals surface area (Å²) in [4.78, 5) is 13.1. The molecule has 1 aromatic heterocycles. The molecule has 1 aliphatic heterocycles. The minimum absolute atomic E-state index is 0.544. The minimum Gasteiger partial charge on any atom is -0.338 e. The summed E-state index contributed by atoms with van der Waals surface area (Å²) >= 11 is 5.74. The summed E-state index contributed by atoms with van der Waals surface area (Å²) in [5, 5.41) is 0. The van der Waals surface area contributed by atoms with Crippen LogP contribution in [0.25, 0.3) is 0 Å². The highest BCUT2D eigenvalue weighted by molar-refractivity contribution is 6.19. The van der Waals surface area contributed by atoms with Crippen molar-refractivity contribution in [3.8, 4) is 0 Å². The molecule has 2 heterocycles. The molecule has 0 saturated carbocycles. The average molecular weight is 253 g/mol. The lowest BCUT2D eigenvalue weighted by molar-refractivity contribution is 0.277. The predicted octanol–water partition coefficient (Wildman–Crippen LogP) is 1.39. The van der Waals surface area contributed by atoms with Gasteiger partial charge in [-0.05, 0) is 11.6 Å². The number of rotatable bonds is 4. The van der Waals surface area contributed by atoms with Crippen LogP contribution in [0.1, 0.15) is 0 Å². The third kappa shape index (κ3) is 3.41. The highest BCUT2D eigenvalue weighted by Gasteiger charge is 2.18. The SMILES string of the molecule is C=C(CCl)CN1CCN(c2ncccn2)CC1. The molecule has 0 spiro atoms. The molecule has 1 fully saturated rings. The Morgan fingerprint density at radius 3 is 2.47 bits per heavy atom. The Hall–Kier alpha value is -1.13. The molecule has 1 aromatic rings. The Morgan fingerprint density at radius 1 is 1.24 bits per heavy atom. The second-order valence-electron chi connectivity index (χ2n) is 4.20. The van der Waals surface area contributed by atoms with Gasteiger partial charge in [0.2, 0.25) is 5.95 Å². The Kier molecular flexibility index (Phi) is 4.34. The minimum atomic E-state index is 0.544. The molecular weight excluding hydrogens is 236 g/mol. The number of hydrogen-bond donors (Lipinski definition) is 0. The van der Waals surface area contributed by atoms with Crippen molar-refractivity contribution in [2.45, 2.75) is 0 Å². The topological polar surface area (TPSA) is 32.3 Å². The number of alkyl halides is 1. The van der Waals surface area contributed by atoms with Gasteiger partial charge in [-0.3, -0.25) is 4.90 Å². The Labute approximate surface area is 107 Å². The standard InChI is InChI=1S/C12H17ClN4/c1-11(9-13)10-16-5-7-17(8-6-16)12-14-3-2-4-15-12/h2-4H,1,5-10H2. The van der Waals surface area contributed by atoms with Gasteiger partial charge in [-0.1, -0.05) is 6.58 Å². The highest BCUT2D eigenvalue weighted by Crippen LogP contribution is 2.10. The van der Waals surface area contributed by atoms with Crippen molar-refractivity contribution < 1.29 is 0 Å². The van der Waals surface area contributed by atoms with E-state index in [0.717, 1.165) is 44.2 Å². The third-order valence-electron chi connectivity index (χ3n) is 2.84. The molecule has 0 aromatic carbocycles. The van der Waals surface area contributed by atoms with E-state index in [9.17, 15) is 0 Å². The molecule has 5 heteroatoms. The normalized spacial score (nSPS) is 17.1. The summed E-state index contributed by atoms with van der Waals surface area (Å²) in [5.41, 5.74) is 1.08. The van der Waals surface area contributed by atoms with Crippen LogP contribution < -0.4 is 4.90 Å². The van der Waals surface area contributed by atoms with Crippen LogP contribution in [0.4, 0.5) is 5.95 Å². The molecule has 17 heavy (non-hydrogen) atoms. The summed E-state index contributed by atoms with van der Waals surface area (Å²) < 4.78 is 0. The van der Waals surface area contributed by atoms with Crippen LogP contribution in [-0.2, 0) is 0 Å². The zero-order valence-corrected chi connectivity index (χ0v) is 10.6. The summed E-state index contributed by atoms with van der Waals surface area (Å²) in [5.74, 6) is 1.37. The van der Waals surface area contributed by atoms with Crippen molar-refractivity contribution in [3.05, 3.63) is 30.6 Å². The van der Waals surface area contributed by atoms with Gasteiger partial charge in [0.15, 0.2) is 0 Å². The molecule has 0 N–H and O–H groups in total. The van der Waals surface area contributed by atoms with E-state index in [1.807, 2.05) is 6.07 Å². The first-order chi connectivity index (χ1) is 8.29. The molecule has 92 valence electrons. The third-order valence-corrected chi connectivity index (χ3v) is 3.22.